The van der Waals surface area contributed by atoms with Crippen molar-refractivity contribution in [2.24, 2.45) is 11.7 Å². The summed E-state index contributed by atoms with van der Waals surface area (Å²) in [5.74, 6) is 1.15. The zero-order valence-electron chi connectivity index (χ0n) is 9.44. The van der Waals surface area contributed by atoms with Crippen molar-refractivity contribution in [2.75, 3.05) is 24.6 Å². The molecule has 0 radical (unpaired) electrons. The van der Waals surface area contributed by atoms with Gasteiger partial charge in [0.05, 0.1) is 11.5 Å². The van der Waals surface area contributed by atoms with E-state index in [0.29, 0.717) is 17.4 Å². The maximum atomic E-state index is 11.3. The molecular weight excluding hydrogens is 212 g/mol. The second-order valence-electron chi connectivity index (χ2n) is 5.35. The van der Waals surface area contributed by atoms with Crippen LogP contribution in [-0.4, -0.2) is 49.5 Å². The standard InChI is InChI=1S/C10H20N2O2S/c1-8(2)10(11)6-12(7-10)9-3-4-15(13,14)5-9/h8-9H,3-7,11H2,1-2H3. The normalized spacial score (nSPS) is 34.3. The summed E-state index contributed by atoms with van der Waals surface area (Å²) in [7, 11) is -2.76. The molecule has 0 spiro atoms. The molecule has 0 aliphatic carbocycles. The quantitative estimate of drug-likeness (QED) is 0.719. The van der Waals surface area contributed by atoms with E-state index >= 15 is 0 Å². The fraction of sp³-hybridized carbons (Fsp3) is 1.00. The number of likely N-dealkylation sites (tertiary alicyclic amines) is 1. The van der Waals surface area contributed by atoms with E-state index in [1.54, 1.807) is 0 Å². The summed E-state index contributed by atoms with van der Waals surface area (Å²) < 4.78 is 22.6. The van der Waals surface area contributed by atoms with E-state index in [4.69, 9.17) is 5.73 Å². The highest BCUT2D eigenvalue weighted by Crippen LogP contribution is 2.31. The summed E-state index contributed by atoms with van der Waals surface area (Å²) in [5, 5.41) is 0. The van der Waals surface area contributed by atoms with Gasteiger partial charge in [-0.1, -0.05) is 13.8 Å². The molecule has 88 valence electrons. The number of nitrogens with zero attached hydrogens (tertiary/aromatic N) is 1. The Hall–Kier alpha value is -0.130. The van der Waals surface area contributed by atoms with Crippen LogP contribution in [0, 0.1) is 5.92 Å². The highest BCUT2D eigenvalue weighted by atomic mass is 32.2. The van der Waals surface area contributed by atoms with Crippen molar-refractivity contribution >= 4 is 9.84 Å². The lowest BCUT2D eigenvalue weighted by Crippen LogP contribution is -2.72. The van der Waals surface area contributed by atoms with Gasteiger partial charge in [0.1, 0.15) is 0 Å². The minimum absolute atomic E-state index is 0.0909. The third-order valence-electron chi connectivity index (χ3n) is 3.87. The maximum Gasteiger partial charge on any atom is 0.151 e. The van der Waals surface area contributed by atoms with Crippen LogP contribution >= 0.6 is 0 Å². The summed E-state index contributed by atoms with van der Waals surface area (Å²) in [5.41, 5.74) is 6.09. The van der Waals surface area contributed by atoms with Gasteiger partial charge in [-0.3, -0.25) is 4.90 Å². The SMILES string of the molecule is CC(C)C1(N)CN(C2CCS(=O)(=O)C2)C1. The van der Waals surface area contributed by atoms with Crippen LogP contribution in [0.25, 0.3) is 0 Å². The van der Waals surface area contributed by atoms with Crippen LogP contribution in [0.15, 0.2) is 0 Å². The Balaban J connectivity index is 1.91. The number of sulfone groups is 1. The topological polar surface area (TPSA) is 63.4 Å². The van der Waals surface area contributed by atoms with Crippen molar-refractivity contribution in [3.63, 3.8) is 0 Å². The zero-order chi connectivity index (χ0) is 11.3. The molecule has 2 rings (SSSR count). The van der Waals surface area contributed by atoms with Crippen LogP contribution in [-0.2, 0) is 9.84 Å². The van der Waals surface area contributed by atoms with Gasteiger partial charge in [-0.15, -0.1) is 0 Å². The van der Waals surface area contributed by atoms with Crippen molar-refractivity contribution in [2.45, 2.75) is 31.8 Å². The van der Waals surface area contributed by atoms with Crippen LogP contribution in [0.4, 0.5) is 0 Å². The molecule has 0 bridgehead atoms. The van der Waals surface area contributed by atoms with Gasteiger partial charge in [0.2, 0.25) is 0 Å². The average Bonchev–Trinajstić information content (AvgIpc) is 2.39. The van der Waals surface area contributed by atoms with Crippen molar-refractivity contribution in [1.82, 2.24) is 4.90 Å². The first-order chi connectivity index (χ1) is 6.82. The number of hydrogen-bond acceptors (Lipinski definition) is 4. The Kier molecular flexibility index (Phi) is 2.60. The van der Waals surface area contributed by atoms with Crippen molar-refractivity contribution in [3.8, 4) is 0 Å². The Morgan fingerprint density at radius 2 is 2.00 bits per heavy atom. The molecule has 5 heteroatoms. The zero-order valence-corrected chi connectivity index (χ0v) is 10.3. The molecule has 0 aromatic heterocycles. The largest absolute Gasteiger partial charge is 0.323 e. The smallest absolute Gasteiger partial charge is 0.151 e. The number of hydrogen-bond donors (Lipinski definition) is 1. The molecule has 1 atom stereocenters. The average molecular weight is 232 g/mol. The molecular formula is C10H20N2O2S. The van der Waals surface area contributed by atoms with E-state index in [1.807, 2.05) is 0 Å². The van der Waals surface area contributed by atoms with E-state index in [-0.39, 0.29) is 11.6 Å². The predicted molar refractivity (Wildman–Crippen MR) is 60.4 cm³/mol. The van der Waals surface area contributed by atoms with Crippen LogP contribution in [0.1, 0.15) is 20.3 Å². The summed E-state index contributed by atoms with van der Waals surface area (Å²) in [6, 6.07) is 0.227. The van der Waals surface area contributed by atoms with Crippen molar-refractivity contribution < 1.29 is 8.42 Å². The predicted octanol–water partition coefficient (Wildman–Crippen LogP) is -0.157. The first-order valence-electron chi connectivity index (χ1n) is 5.56. The minimum atomic E-state index is -2.76. The Bertz CT molecular complexity index is 344. The van der Waals surface area contributed by atoms with Crippen LogP contribution < -0.4 is 5.73 Å². The lowest BCUT2D eigenvalue weighted by molar-refractivity contribution is 0.0104. The highest BCUT2D eigenvalue weighted by Gasteiger charge is 2.46. The van der Waals surface area contributed by atoms with E-state index in [9.17, 15) is 8.42 Å². The molecule has 2 heterocycles. The Morgan fingerprint density at radius 1 is 1.40 bits per heavy atom. The molecule has 0 aromatic carbocycles. The molecule has 4 nitrogen and oxygen atoms in total. The minimum Gasteiger partial charge on any atom is -0.323 e. The molecule has 2 N–H and O–H groups in total. The van der Waals surface area contributed by atoms with Gasteiger partial charge in [0.15, 0.2) is 9.84 Å². The van der Waals surface area contributed by atoms with Crippen LogP contribution in [0.3, 0.4) is 0 Å². The molecule has 0 aromatic rings. The summed E-state index contributed by atoms with van der Waals surface area (Å²) >= 11 is 0. The van der Waals surface area contributed by atoms with Crippen molar-refractivity contribution in [3.05, 3.63) is 0 Å². The van der Waals surface area contributed by atoms with Gasteiger partial charge >= 0.3 is 0 Å². The molecule has 0 amide bonds. The third-order valence-corrected chi connectivity index (χ3v) is 5.62. The number of nitrogens with two attached hydrogens (primary N) is 1. The number of rotatable bonds is 2. The monoisotopic (exact) mass is 232 g/mol. The molecule has 2 aliphatic heterocycles. The maximum absolute atomic E-state index is 11.3. The Labute approximate surface area is 91.7 Å². The summed E-state index contributed by atoms with van der Waals surface area (Å²) in [6.45, 7) is 5.96. The Morgan fingerprint density at radius 3 is 2.40 bits per heavy atom. The molecule has 15 heavy (non-hydrogen) atoms. The van der Waals surface area contributed by atoms with E-state index in [2.05, 4.69) is 18.7 Å². The lowest BCUT2D eigenvalue weighted by atomic mass is 9.79. The molecule has 0 saturated carbocycles. The van der Waals surface area contributed by atoms with Gasteiger partial charge in [-0.2, -0.15) is 0 Å². The second kappa shape index (κ2) is 3.43. The van der Waals surface area contributed by atoms with Gasteiger partial charge in [-0.25, -0.2) is 8.42 Å². The summed E-state index contributed by atoms with van der Waals surface area (Å²) in [6.07, 6.45) is 0.788. The molecule has 2 fully saturated rings. The third kappa shape index (κ3) is 2.05. The van der Waals surface area contributed by atoms with Gasteiger partial charge in [0, 0.05) is 24.7 Å². The van der Waals surface area contributed by atoms with E-state index in [1.165, 1.54) is 0 Å². The van der Waals surface area contributed by atoms with Crippen LogP contribution in [0.5, 0.6) is 0 Å². The van der Waals surface area contributed by atoms with E-state index < -0.39 is 9.84 Å². The first-order valence-corrected chi connectivity index (χ1v) is 7.38. The first kappa shape index (κ1) is 11.4. The fourth-order valence-corrected chi connectivity index (χ4v) is 4.16. The second-order valence-corrected chi connectivity index (χ2v) is 7.58. The fourth-order valence-electron chi connectivity index (χ4n) is 2.40. The lowest BCUT2D eigenvalue weighted by Gasteiger charge is -2.52. The van der Waals surface area contributed by atoms with Crippen LogP contribution in [0.2, 0.25) is 0 Å². The van der Waals surface area contributed by atoms with Gasteiger partial charge in [0.25, 0.3) is 0 Å². The molecule has 1 unspecified atom stereocenters. The van der Waals surface area contributed by atoms with Crippen molar-refractivity contribution in [1.29, 1.82) is 0 Å². The molecule has 2 aliphatic rings. The molecule has 2 saturated heterocycles. The van der Waals surface area contributed by atoms with E-state index in [0.717, 1.165) is 19.5 Å². The highest BCUT2D eigenvalue weighted by molar-refractivity contribution is 7.91. The van der Waals surface area contributed by atoms with Gasteiger partial charge < -0.3 is 5.73 Å². The van der Waals surface area contributed by atoms with Gasteiger partial charge in [-0.05, 0) is 12.3 Å². The summed E-state index contributed by atoms with van der Waals surface area (Å²) in [4.78, 5) is 2.23.